The monoisotopic (exact) mass is 430 g/mol. The highest BCUT2D eigenvalue weighted by Crippen LogP contribution is 2.21. The molecule has 6 heteroatoms. The van der Waals surface area contributed by atoms with Crippen LogP contribution in [0, 0.1) is 3.70 Å². The number of halogens is 2. The molecule has 0 saturated heterocycles. The van der Waals surface area contributed by atoms with Crippen LogP contribution in [-0.4, -0.2) is 19.6 Å². The third-order valence-corrected chi connectivity index (χ3v) is 5.14. The van der Waals surface area contributed by atoms with Gasteiger partial charge in [-0.2, -0.15) is 10.2 Å². The molecule has 2 aromatic heterocycles. The van der Waals surface area contributed by atoms with Gasteiger partial charge >= 0.3 is 0 Å². The van der Waals surface area contributed by atoms with E-state index in [2.05, 4.69) is 73.8 Å². The molecule has 0 saturated carbocycles. The van der Waals surface area contributed by atoms with E-state index in [0.717, 1.165) is 20.4 Å². The molecule has 0 N–H and O–H groups in total. The molecule has 2 heterocycles. The van der Waals surface area contributed by atoms with Crippen LogP contribution in [0.25, 0.3) is 10.9 Å². The van der Waals surface area contributed by atoms with Crippen molar-refractivity contribution in [2.75, 3.05) is 0 Å². The van der Waals surface area contributed by atoms with Crippen LogP contribution >= 0.6 is 38.5 Å². The van der Waals surface area contributed by atoms with Gasteiger partial charge in [-0.25, -0.2) is 0 Å². The molecule has 4 nitrogen and oxygen atoms in total. The minimum Gasteiger partial charge on any atom is -0.265 e. The van der Waals surface area contributed by atoms with Crippen molar-refractivity contribution in [3.05, 3.63) is 44.3 Å². The Morgan fingerprint density at radius 2 is 2.05 bits per heavy atom. The quantitative estimate of drug-likeness (QED) is 0.594. The minimum atomic E-state index is 0.690. The maximum Gasteiger partial charge on any atom is 0.137 e. The van der Waals surface area contributed by atoms with Crippen LogP contribution in [0.1, 0.15) is 12.6 Å². The summed E-state index contributed by atoms with van der Waals surface area (Å²) in [5.74, 6) is 0. The average Bonchev–Trinajstić information content (AvgIpc) is 2.92. The molecule has 0 aliphatic heterocycles. The van der Waals surface area contributed by atoms with Crippen molar-refractivity contribution in [1.82, 2.24) is 19.6 Å². The van der Waals surface area contributed by atoms with Crippen molar-refractivity contribution in [3.8, 4) is 0 Å². The Bertz CT molecular complexity index is 712. The van der Waals surface area contributed by atoms with Crippen molar-refractivity contribution in [2.45, 2.75) is 20.0 Å². The highest BCUT2D eigenvalue weighted by atomic mass is 127. The Morgan fingerprint density at radius 1 is 1.26 bits per heavy atom. The van der Waals surface area contributed by atoms with Crippen molar-refractivity contribution < 1.29 is 0 Å². The molecule has 98 valence electrons. The van der Waals surface area contributed by atoms with Crippen LogP contribution in [0.5, 0.6) is 0 Å². The van der Waals surface area contributed by atoms with E-state index in [1.165, 1.54) is 10.9 Å². The van der Waals surface area contributed by atoms with Crippen molar-refractivity contribution >= 4 is 49.4 Å². The van der Waals surface area contributed by atoms with Gasteiger partial charge in [0.05, 0.1) is 22.2 Å². The molecule has 0 aliphatic carbocycles. The largest absolute Gasteiger partial charge is 0.265 e. The van der Waals surface area contributed by atoms with E-state index in [9.17, 15) is 0 Å². The standard InChI is InChI=1S/C13H12BrIN4/c1-2-19-12-6-4-3-5-9(12)11(16-19)8-18-7-10(14)13(15)17-18/h3-7H,2,8H2,1H3. The Labute approximate surface area is 133 Å². The fraction of sp³-hybridized carbons (Fsp3) is 0.231. The van der Waals surface area contributed by atoms with E-state index >= 15 is 0 Å². The van der Waals surface area contributed by atoms with Gasteiger partial charge in [0.2, 0.25) is 0 Å². The van der Waals surface area contributed by atoms with Gasteiger partial charge in [-0.3, -0.25) is 9.36 Å². The number of aryl methyl sites for hydroxylation is 1. The number of aromatic nitrogens is 4. The number of hydrogen-bond donors (Lipinski definition) is 0. The first-order valence-electron chi connectivity index (χ1n) is 6.02. The zero-order valence-electron chi connectivity index (χ0n) is 10.3. The van der Waals surface area contributed by atoms with Gasteiger partial charge in [-0.1, -0.05) is 18.2 Å². The lowest BCUT2D eigenvalue weighted by Crippen LogP contribution is -2.03. The van der Waals surface area contributed by atoms with Gasteiger partial charge in [0.15, 0.2) is 0 Å². The minimum absolute atomic E-state index is 0.690. The molecule has 0 atom stereocenters. The summed E-state index contributed by atoms with van der Waals surface area (Å²) in [7, 11) is 0. The molecular weight excluding hydrogens is 419 g/mol. The second-order valence-electron chi connectivity index (χ2n) is 4.25. The average molecular weight is 431 g/mol. The van der Waals surface area contributed by atoms with Crippen LogP contribution in [0.2, 0.25) is 0 Å². The van der Waals surface area contributed by atoms with E-state index in [4.69, 9.17) is 0 Å². The summed E-state index contributed by atoms with van der Waals surface area (Å²) in [5.41, 5.74) is 2.24. The topological polar surface area (TPSA) is 35.6 Å². The van der Waals surface area contributed by atoms with Crippen LogP contribution in [-0.2, 0) is 13.1 Å². The third-order valence-electron chi connectivity index (χ3n) is 3.02. The number of fused-ring (bicyclic) bond motifs is 1. The van der Waals surface area contributed by atoms with Gasteiger partial charge in [-0.05, 0) is 51.5 Å². The molecule has 0 amide bonds. The zero-order chi connectivity index (χ0) is 13.4. The fourth-order valence-corrected chi connectivity index (χ4v) is 2.89. The Morgan fingerprint density at radius 3 is 2.74 bits per heavy atom. The van der Waals surface area contributed by atoms with E-state index in [-0.39, 0.29) is 0 Å². The summed E-state index contributed by atoms with van der Waals surface area (Å²) in [6.45, 7) is 3.67. The predicted octanol–water partition coefficient (Wildman–Crippen LogP) is 3.67. The number of rotatable bonds is 3. The number of para-hydroxylation sites is 1. The third kappa shape index (κ3) is 2.43. The second kappa shape index (κ2) is 5.24. The van der Waals surface area contributed by atoms with E-state index in [1.807, 2.05) is 21.6 Å². The predicted molar refractivity (Wildman–Crippen MR) is 87.2 cm³/mol. The van der Waals surface area contributed by atoms with Crippen LogP contribution < -0.4 is 0 Å². The van der Waals surface area contributed by atoms with Crippen LogP contribution in [0.3, 0.4) is 0 Å². The van der Waals surface area contributed by atoms with Gasteiger partial charge in [0, 0.05) is 18.1 Å². The van der Waals surface area contributed by atoms with E-state index in [0.29, 0.717) is 6.54 Å². The van der Waals surface area contributed by atoms with E-state index in [1.54, 1.807) is 0 Å². The lowest BCUT2D eigenvalue weighted by atomic mass is 10.2. The molecule has 0 fully saturated rings. The molecule has 3 aromatic rings. The summed E-state index contributed by atoms with van der Waals surface area (Å²) in [4.78, 5) is 0. The van der Waals surface area contributed by atoms with Crippen LogP contribution in [0.4, 0.5) is 0 Å². The number of hydrogen-bond acceptors (Lipinski definition) is 2. The van der Waals surface area contributed by atoms with Gasteiger partial charge < -0.3 is 0 Å². The Balaban J connectivity index is 2.05. The summed E-state index contributed by atoms with van der Waals surface area (Å²) in [6.07, 6.45) is 1.99. The maximum atomic E-state index is 4.68. The molecular formula is C13H12BrIN4. The molecule has 1 aromatic carbocycles. The summed E-state index contributed by atoms with van der Waals surface area (Å²) in [5, 5.41) is 10.3. The molecule has 0 unspecified atom stereocenters. The molecule has 0 spiro atoms. The van der Waals surface area contributed by atoms with Gasteiger partial charge in [0.1, 0.15) is 3.70 Å². The molecule has 0 bridgehead atoms. The van der Waals surface area contributed by atoms with Gasteiger partial charge in [0.25, 0.3) is 0 Å². The first-order valence-corrected chi connectivity index (χ1v) is 7.89. The number of nitrogens with zero attached hydrogens (tertiary/aromatic N) is 4. The molecule has 0 radical (unpaired) electrons. The second-order valence-corrected chi connectivity index (χ2v) is 6.12. The fourth-order valence-electron chi connectivity index (χ4n) is 2.16. The molecule has 19 heavy (non-hydrogen) atoms. The molecule has 0 aliphatic rings. The van der Waals surface area contributed by atoms with Gasteiger partial charge in [-0.15, -0.1) is 0 Å². The Kier molecular flexibility index (Phi) is 3.62. The Hall–Kier alpha value is -0.890. The lowest BCUT2D eigenvalue weighted by molar-refractivity contribution is 0.625. The normalized spacial score (nSPS) is 11.3. The van der Waals surface area contributed by atoms with Crippen molar-refractivity contribution in [3.63, 3.8) is 0 Å². The molecule has 3 rings (SSSR count). The lowest BCUT2D eigenvalue weighted by Gasteiger charge is -1.97. The first kappa shape index (κ1) is 13.1. The highest BCUT2D eigenvalue weighted by molar-refractivity contribution is 14.1. The van der Waals surface area contributed by atoms with Crippen LogP contribution in [0.15, 0.2) is 34.9 Å². The zero-order valence-corrected chi connectivity index (χ0v) is 14.1. The van der Waals surface area contributed by atoms with Crippen molar-refractivity contribution in [2.24, 2.45) is 0 Å². The van der Waals surface area contributed by atoms with Crippen molar-refractivity contribution in [1.29, 1.82) is 0 Å². The maximum absolute atomic E-state index is 4.68. The first-order chi connectivity index (χ1) is 9.19. The smallest absolute Gasteiger partial charge is 0.137 e. The summed E-state index contributed by atoms with van der Waals surface area (Å²) >= 11 is 5.70. The summed E-state index contributed by atoms with van der Waals surface area (Å²) < 4.78 is 5.94. The number of benzene rings is 1. The SMILES string of the molecule is CCn1nc(Cn2cc(Br)c(I)n2)c2ccccc21. The highest BCUT2D eigenvalue weighted by Gasteiger charge is 2.11. The van der Waals surface area contributed by atoms with E-state index < -0.39 is 0 Å². The summed E-state index contributed by atoms with van der Waals surface area (Å²) in [6, 6.07) is 8.33.